The molecule has 0 atom stereocenters. The smallest absolute Gasteiger partial charge is 0.0690 e. The SMILES string of the molecule is CCC(C)C.CCC(C)C.c1cn[nH]n1. The molecule has 3 nitrogen and oxygen atoms in total. The highest BCUT2D eigenvalue weighted by Crippen LogP contribution is 1.94. The molecule has 0 aliphatic rings. The van der Waals surface area contributed by atoms with Gasteiger partial charge in [0.15, 0.2) is 0 Å². The standard InChI is InChI=1S/2C5H12.C2H3N3/c2*1-4-5(2)3;1-2-4-5-3-1/h2*5H,4H2,1-3H3;1-2H,(H,3,4,5). The number of nitrogens with zero attached hydrogens (tertiary/aromatic N) is 2. The molecule has 1 aromatic rings. The molecule has 0 unspecified atom stereocenters. The molecule has 0 spiro atoms. The number of aromatic amines is 1. The lowest BCUT2D eigenvalue weighted by atomic mass is 10.2. The molecular formula is C12H27N3. The molecule has 3 heteroatoms. The molecule has 0 fully saturated rings. The van der Waals surface area contributed by atoms with E-state index in [9.17, 15) is 0 Å². The number of hydrogen-bond donors (Lipinski definition) is 1. The van der Waals surface area contributed by atoms with Crippen molar-refractivity contribution in [3.63, 3.8) is 0 Å². The van der Waals surface area contributed by atoms with Crippen LogP contribution in [0.1, 0.15) is 54.4 Å². The summed E-state index contributed by atoms with van der Waals surface area (Å²) in [6.07, 6.45) is 5.78. The summed E-state index contributed by atoms with van der Waals surface area (Å²) in [4.78, 5) is 0. The lowest BCUT2D eigenvalue weighted by Gasteiger charge is -1.90. The molecule has 0 amide bonds. The molecule has 0 radical (unpaired) electrons. The second-order valence-corrected chi connectivity index (χ2v) is 4.26. The van der Waals surface area contributed by atoms with Crippen molar-refractivity contribution < 1.29 is 0 Å². The van der Waals surface area contributed by atoms with Gasteiger partial charge in [0.25, 0.3) is 0 Å². The number of hydrogen-bond acceptors (Lipinski definition) is 2. The Hall–Kier alpha value is -0.860. The summed E-state index contributed by atoms with van der Waals surface area (Å²) in [7, 11) is 0. The van der Waals surface area contributed by atoms with Crippen LogP contribution in [0.2, 0.25) is 0 Å². The Morgan fingerprint density at radius 3 is 1.20 bits per heavy atom. The Morgan fingerprint density at radius 1 is 0.867 bits per heavy atom. The van der Waals surface area contributed by atoms with E-state index in [2.05, 4.69) is 57.0 Å². The van der Waals surface area contributed by atoms with E-state index < -0.39 is 0 Å². The Labute approximate surface area is 94.7 Å². The zero-order chi connectivity index (χ0) is 12.1. The minimum atomic E-state index is 0.884. The number of nitrogens with one attached hydrogen (secondary N) is 1. The lowest BCUT2D eigenvalue weighted by Crippen LogP contribution is -1.77. The maximum absolute atomic E-state index is 3.49. The molecule has 0 aliphatic carbocycles. The van der Waals surface area contributed by atoms with Crippen LogP contribution in [-0.2, 0) is 0 Å². The van der Waals surface area contributed by atoms with E-state index >= 15 is 0 Å². The van der Waals surface area contributed by atoms with Crippen LogP contribution >= 0.6 is 0 Å². The van der Waals surface area contributed by atoms with E-state index in [1.807, 2.05) is 0 Å². The summed E-state index contributed by atoms with van der Waals surface area (Å²) < 4.78 is 0. The van der Waals surface area contributed by atoms with E-state index in [0.717, 1.165) is 11.8 Å². The summed E-state index contributed by atoms with van der Waals surface area (Å²) >= 11 is 0. The third kappa shape index (κ3) is 24.6. The van der Waals surface area contributed by atoms with Gasteiger partial charge >= 0.3 is 0 Å². The van der Waals surface area contributed by atoms with Crippen LogP contribution in [-0.4, -0.2) is 15.4 Å². The van der Waals surface area contributed by atoms with Crippen molar-refractivity contribution >= 4 is 0 Å². The molecule has 0 bridgehead atoms. The number of H-pyrrole nitrogens is 1. The van der Waals surface area contributed by atoms with Gasteiger partial charge < -0.3 is 0 Å². The fourth-order valence-electron chi connectivity index (χ4n) is 0.167. The minimum Gasteiger partial charge on any atom is -0.198 e. The second kappa shape index (κ2) is 13.1. The molecule has 0 saturated carbocycles. The summed E-state index contributed by atoms with van der Waals surface area (Å²) in [5, 5.41) is 9.33. The fourth-order valence-corrected chi connectivity index (χ4v) is 0.167. The summed E-state index contributed by atoms with van der Waals surface area (Å²) in [6.45, 7) is 13.3. The van der Waals surface area contributed by atoms with Gasteiger partial charge in [-0.2, -0.15) is 15.4 Å². The van der Waals surface area contributed by atoms with Crippen molar-refractivity contribution in [1.29, 1.82) is 0 Å². The fraction of sp³-hybridized carbons (Fsp3) is 0.833. The van der Waals surface area contributed by atoms with Gasteiger partial charge in [-0.3, -0.25) is 0 Å². The average Bonchev–Trinajstić information content (AvgIpc) is 2.76. The van der Waals surface area contributed by atoms with Crippen molar-refractivity contribution in [2.24, 2.45) is 11.8 Å². The van der Waals surface area contributed by atoms with Crippen LogP contribution in [0.4, 0.5) is 0 Å². The summed E-state index contributed by atoms with van der Waals surface area (Å²) in [6, 6.07) is 0. The van der Waals surface area contributed by atoms with Gasteiger partial charge in [0.1, 0.15) is 0 Å². The van der Waals surface area contributed by atoms with Crippen LogP contribution < -0.4 is 0 Å². The van der Waals surface area contributed by atoms with Crippen LogP contribution in [0.5, 0.6) is 0 Å². The lowest BCUT2D eigenvalue weighted by molar-refractivity contribution is 0.626. The zero-order valence-corrected chi connectivity index (χ0v) is 11.1. The average molecular weight is 213 g/mol. The minimum absolute atomic E-state index is 0.884. The van der Waals surface area contributed by atoms with Gasteiger partial charge in [-0.05, 0) is 11.8 Å². The molecule has 0 saturated heterocycles. The molecule has 0 aliphatic heterocycles. The zero-order valence-electron chi connectivity index (χ0n) is 11.1. The first-order valence-electron chi connectivity index (χ1n) is 5.84. The van der Waals surface area contributed by atoms with Gasteiger partial charge in [-0.25, -0.2) is 0 Å². The molecule has 15 heavy (non-hydrogen) atoms. The molecule has 0 aromatic carbocycles. The van der Waals surface area contributed by atoms with E-state index in [-0.39, 0.29) is 0 Å². The third-order valence-electron chi connectivity index (χ3n) is 1.96. The predicted octanol–water partition coefficient (Wildman–Crippen LogP) is 3.91. The first-order chi connectivity index (χ1) is 7.04. The van der Waals surface area contributed by atoms with Gasteiger partial charge in [0.2, 0.25) is 0 Å². The highest BCUT2D eigenvalue weighted by molar-refractivity contribution is 4.54. The molecule has 1 heterocycles. The molecule has 1 rings (SSSR count). The highest BCUT2D eigenvalue weighted by atomic mass is 15.3. The third-order valence-corrected chi connectivity index (χ3v) is 1.96. The molecular weight excluding hydrogens is 186 g/mol. The topological polar surface area (TPSA) is 41.6 Å². The number of aromatic nitrogens is 3. The normalized spacial score (nSPS) is 9.07. The van der Waals surface area contributed by atoms with E-state index in [0.29, 0.717) is 0 Å². The van der Waals surface area contributed by atoms with Crippen molar-refractivity contribution in [3.05, 3.63) is 12.4 Å². The van der Waals surface area contributed by atoms with E-state index in [1.165, 1.54) is 12.8 Å². The molecule has 90 valence electrons. The Kier molecular flexibility index (Phi) is 14.5. The van der Waals surface area contributed by atoms with Gasteiger partial charge in [0, 0.05) is 0 Å². The van der Waals surface area contributed by atoms with Crippen LogP contribution in [0.25, 0.3) is 0 Å². The van der Waals surface area contributed by atoms with Gasteiger partial charge in [0.05, 0.1) is 12.4 Å². The number of rotatable bonds is 2. The Balaban J connectivity index is 0. The van der Waals surface area contributed by atoms with Crippen LogP contribution in [0.15, 0.2) is 12.4 Å². The van der Waals surface area contributed by atoms with Gasteiger partial charge in [-0.15, -0.1) is 0 Å². The largest absolute Gasteiger partial charge is 0.198 e. The van der Waals surface area contributed by atoms with Crippen LogP contribution in [0, 0.1) is 11.8 Å². The maximum atomic E-state index is 3.49. The maximum Gasteiger partial charge on any atom is 0.0690 e. The molecule has 1 aromatic heterocycles. The van der Waals surface area contributed by atoms with Crippen LogP contribution in [0.3, 0.4) is 0 Å². The summed E-state index contributed by atoms with van der Waals surface area (Å²) in [5.74, 6) is 1.77. The quantitative estimate of drug-likeness (QED) is 0.809. The van der Waals surface area contributed by atoms with Crippen molar-refractivity contribution in [3.8, 4) is 0 Å². The first-order valence-corrected chi connectivity index (χ1v) is 5.84. The Morgan fingerprint density at radius 2 is 1.13 bits per heavy atom. The highest BCUT2D eigenvalue weighted by Gasteiger charge is 1.80. The second-order valence-electron chi connectivity index (χ2n) is 4.26. The molecule has 1 N–H and O–H groups in total. The summed E-state index contributed by atoms with van der Waals surface area (Å²) in [5.41, 5.74) is 0. The van der Waals surface area contributed by atoms with E-state index in [1.54, 1.807) is 12.4 Å². The Bertz CT molecular complexity index is 144. The monoisotopic (exact) mass is 213 g/mol. The van der Waals surface area contributed by atoms with Crippen molar-refractivity contribution in [2.45, 2.75) is 54.4 Å². The van der Waals surface area contributed by atoms with Crippen molar-refractivity contribution in [1.82, 2.24) is 15.4 Å². The first kappa shape index (κ1) is 16.6. The van der Waals surface area contributed by atoms with Crippen molar-refractivity contribution in [2.75, 3.05) is 0 Å². The predicted molar refractivity (Wildman–Crippen MR) is 66.6 cm³/mol. The van der Waals surface area contributed by atoms with E-state index in [4.69, 9.17) is 0 Å². The van der Waals surface area contributed by atoms with Gasteiger partial charge in [-0.1, -0.05) is 54.4 Å².